The number of aliphatic hydroxyl groups excluding tert-OH is 1. The Bertz CT molecular complexity index is 794. The van der Waals surface area contributed by atoms with Gasteiger partial charge >= 0.3 is 0 Å². The van der Waals surface area contributed by atoms with Gasteiger partial charge in [0.05, 0.1) is 0 Å². The standard InChI is InChI=1S/C26H39N3O2/c1-4-28(5-2)16-15-27(3)18-22-9-8-12-26(17-22)31-21-25(30)20-29-14-13-23-10-6-7-11-24(23)19-29/h6-12,17,25,30H,4-5,13-16,18-21H2,1-3H3/t25-/m0/s1. The van der Waals surface area contributed by atoms with Gasteiger partial charge in [0.25, 0.3) is 0 Å². The van der Waals surface area contributed by atoms with Gasteiger partial charge in [-0.2, -0.15) is 0 Å². The summed E-state index contributed by atoms with van der Waals surface area (Å²) in [5.74, 6) is 0.831. The molecule has 0 saturated carbocycles. The van der Waals surface area contributed by atoms with Crippen molar-refractivity contribution in [2.24, 2.45) is 0 Å². The molecule has 1 aliphatic heterocycles. The molecule has 1 atom stereocenters. The zero-order valence-corrected chi connectivity index (χ0v) is 19.5. The number of β-amino-alcohol motifs (C(OH)–C–C–N with tert-alkyl or cyclic N) is 1. The second kappa shape index (κ2) is 12.2. The lowest BCUT2D eigenvalue weighted by Gasteiger charge is -2.30. The molecule has 0 radical (unpaired) electrons. The molecular formula is C26H39N3O2. The number of rotatable bonds is 12. The largest absolute Gasteiger partial charge is 0.491 e. The Hall–Kier alpha value is -1.92. The number of nitrogens with zero attached hydrogens (tertiary/aromatic N) is 3. The molecule has 1 heterocycles. The van der Waals surface area contributed by atoms with E-state index < -0.39 is 6.10 Å². The Labute approximate surface area is 188 Å². The van der Waals surface area contributed by atoms with Crippen LogP contribution in [0.25, 0.3) is 0 Å². The molecule has 0 amide bonds. The van der Waals surface area contributed by atoms with Crippen molar-refractivity contribution in [3.05, 3.63) is 65.2 Å². The third kappa shape index (κ3) is 7.62. The average molecular weight is 426 g/mol. The van der Waals surface area contributed by atoms with Gasteiger partial charge in [-0.1, -0.05) is 50.2 Å². The SMILES string of the molecule is CCN(CC)CCN(C)Cc1cccc(OC[C@@H](O)CN2CCc3ccccc3C2)c1. The fourth-order valence-corrected chi connectivity index (χ4v) is 4.23. The summed E-state index contributed by atoms with van der Waals surface area (Å²) in [6, 6.07) is 16.8. The predicted octanol–water partition coefficient (Wildman–Crippen LogP) is 3.26. The summed E-state index contributed by atoms with van der Waals surface area (Å²) in [4.78, 5) is 7.11. The number of hydrogen-bond acceptors (Lipinski definition) is 5. The number of benzene rings is 2. The first kappa shape index (κ1) is 23.7. The molecule has 31 heavy (non-hydrogen) atoms. The smallest absolute Gasteiger partial charge is 0.119 e. The van der Waals surface area contributed by atoms with Crippen LogP contribution in [0.4, 0.5) is 0 Å². The van der Waals surface area contributed by atoms with E-state index in [9.17, 15) is 5.11 Å². The minimum atomic E-state index is -0.495. The molecule has 2 aromatic rings. The van der Waals surface area contributed by atoms with Crippen LogP contribution in [0.5, 0.6) is 5.75 Å². The van der Waals surface area contributed by atoms with Crippen LogP contribution >= 0.6 is 0 Å². The molecule has 1 aliphatic rings. The van der Waals surface area contributed by atoms with Gasteiger partial charge in [0.1, 0.15) is 18.5 Å². The first-order valence-electron chi connectivity index (χ1n) is 11.7. The summed E-state index contributed by atoms with van der Waals surface area (Å²) in [5.41, 5.74) is 4.05. The van der Waals surface area contributed by atoms with Crippen molar-refractivity contribution in [3.8, 4) is 5.75 Å². The van der Waals surface area contributed by atoms with E-state index in [1.165, 1.54) is 16.7 Å². The van der Waals surface area contributed by atoms with E-state index >= 15 is 0 Å². The second-order valence-electron chi connectivity index (χ2n) is 8.63. The van der Waals surface area contributed by atoms with Crippen molar-refractivity contribution in [1.82, 2.24) is 14.7 Å². The zero-order valence-electron chi connectivity index (χ0n) is 19.5. The van der Waals surface area contributed by atoms with Gasteiger partial charge in [0.15, 0.2) is 0 Å². The third-order valence-corrected chi connectivity index (χ3v) is 6.16. The predicted molar refractivity (Wildman–Crippen MR) is 127 cm³/mol. The minimum absolute atomic E-state index is 0.319. The van der Waals surface area contributed by atoms with Crippen LogP contribution in [0.3, 0.4) is 0 Å². The van der Waals surface area contributed by atoms with E-state index in [4.69, 9.17) is 4.74 Å². The van der Waals surface area contributed by atoms with E-state index in [0.29, 0.717) is 13.2 Å². The highest BCUT2D eigenvalue weighted by Crippen LogP contribution is 2.19. The maximum atomic E-state index is 10.5. The summed E-state index contributed by atoms with van der Waals surface area (Å²) >= 11 is 0. The first-order chi connectivity index (χ1) is 15.1. The van der Waals surface area contributed by atoms with Gasteiger partial charge in [-0.3, -0.25) is 4.90 Å². The lowest BCUT2D eigenvalue weighted by Crippen LogP contribution is -2.38. The summed E-state index contributed by atoms with van der Waals surface area (Å²) in [5, 5.41) is 10.5. The molecule has 2 aromatic carbocycles. The number of hydrogen-bond donors (Lipinski definition) is 1. The summed E-state index contributed by atoms with van der Waals surface area (Å²) < 4.78 is 5.93. The van der Waals surface area contributed by atoms with Crippen LogP contribution in [0.2, 0.25) is 0 Å². The van der Waals surface area contributed by atoms with Gasteiger partial charge in [-0.25, -0.2) is 0 Å². The molecule has 3 rings (SSSR count). The van der Waals surface area contributed by atoms with Crippen molar-refractivity contribution in [2.75, 3.05) is 52.9 Å². The van der Waals surface area contributed by atoms with Crippen LogP contribution in [0.1, 0.15) is 30.5 Å². The monoisotopic (exact) mass is 425 g/mol. The molecule has 0 fully saturated rings. The zero-order chi connectivity index (χ0) is 22.1. The summed E-state index contributed by atoms with van der Waals surface area (Å²) in [6.07, 6.45) is 0.554. The van der Waals surface area contributed by atoms with Gasteiger partial charge in [0.2, 0.25) is 0 Å². The number of likely N-dealkylation sites (N-methyl/N-ethyl adjacent to an activating group) is 2. The number of fused-ring (bicyclic) bond motifs is 1. The molecule has 0 spiro atoms. The molecule has 0 bridgehead atoms. The first-order valence-corrected chi connectivity index (χ1v) is 11.7. The van der Waals surface area contributed by atoms with Crippen LogP contribution in [-0.4, -0.2) is 78.8 Å². The van der Waals surface area contributed by atoms with E-state index in [1.54, 1.807) is 0 Å². The van der Waals surface area contributed by atoms with Gasteiger partial charge < -0.3 is 19.6 Å². The highest BCUT2D eigenvalue weighted by atomic mass is 16.5. The Balaban J connectivity index is 1.42. The van der Waals surface area contributed by atoms with Crippen molar-refractivity contribution >= 4 is 0 Å². The maximum Gasteiger partial charge on any atom is 0.119 e. The van der Waals surface area contributed by atoms with E-state index in [-0.39, 0.29) is 0 Å². The van der Waals surface area contributed by atoms with Gasteiger partial charge in [-0.05, 0) is 55.4 Å². The minimum Gasteiger partial charge on any atom is -0.491 e. The molecule has 0 saturated heterocycles. The highest BCUT2D eigenvalue weighted by Gasteiger charge is 2.18. The quantitative estimate of drug-likeness (QED) is 0.565. The fraction of sp³-hybridized carbons (Fsp3) is 0.538. The van der Waals surface area contributed by atoms with Crippen LogP contribution in [0, 0.1) is 0 Å². The summed E-state index contributed by atoms with van der Waals surface area (Å²) in [6.45, 7) is 12.5. The van der Waals surface area contributed by atoms with Gasteiger partial charge in [-0.15, -0.1) is 0 Å². The molecular weight excluding hydrogens is 386 g/mol. The molecule has 0 aromatic heterocycles. The lowest BCUT2D eigenvalue weighted by molar-refractivity contribution is 0.0637. The highest BCUT2D eigenvalue weighted by molar-refractivity contribution is 5.29. The van der Waals surface area contributed by atoms with Gasteiger partial charge in [0, 0.05) is 39.3 Å². The molecule has 170 valence electrons. The molecule has 0 aliphatic carbocycles. The Morgan fingerprint density at radius 1 is 1.03 bits per heavy atom. The average Bonchev–Trinajstić information content (AvgIpc) is 2.78. The van der Waals surface area contributed by atoms with Crippen LogP contribution < -0.4 is 4.74 Å². The van der Waals surface area contributed by atoms with Crippen LogP contribution in [-0.2, 0) is 19.5 Å². The number of aliphatic hydroxyl groups is 1. The second-order valence-corrected chi connectivity index (χ2v) is 8.63. The molecule has 5 nitrogen and oxygen atoms in total. The summed E-state index contributed by atoms with van der Waals surface area (Å²) in [7, 11) is 2.16. The number of ether oxygens (including phenoxy) is 1. The topological polar surface area (TPSA) is 39.2 Å². The molecule has 0 unspecified atom stereocenters. The normalized spacial score (nSPS) is 15.3. The van der Waals surface area contributed by atoms with Crippen molar-refractivity contribution < 1.29 is 9.84 Å². The van der Waals surface area contributed by atoms with E-state index in [0.717, 1.165) is 58.0 Å². The van der Waals surface area contributed by atoms with E-state index in [2.05, 4.69) is 72.0 Å². The Morgan fingerprint density at radius 2 is 1.81 bits per heavy atom. The molecule has 1 N–H and O–H groups in total. The third-order valence-electron chi connectivity index (χ3n) is 6.16. The van der Waals surface area contributed by atoms with Crippen molar-refractivity contribution in [3.63, 3.8) is 0 Å². The fourth-order valence-electron chi connectivity index (χ4n) is 4.23. The van der Waals surface area contributed by atoms with Crippen molar-refractivity contribution in [2.45, 2.75) is 39.5 Å². The lowest BCUT2D eigenvalue weighted by atomic mass is 10.00. The van der Waals surface area contributed by atoms with E-state index in [1.807, 2.05) is 12.1 Å². The maximum absolute atomic E-state index is 10.5. The van der Waals surface area contributed by atoms with Crippen molar-refractivity contribution in [1.29, 1.82) is 0 Å². The Kier molecular flexibility index (Phi) is 9.34. The Morgan fingerprint density at radius 3 is 2.58 bits per heavy atom. The molecule has 5 heteroatoms. The van der Waals surface area contributed by atoms with Crippen LogP contribution in [0.15, 0.2) is 48.5 Å².